The molecule has 3 amide bonds. The predicted molar refractivity (Wildman–Crippen MR) is 122 cm³/mol. The molecule has 170 valence electrons. The van der Waals surface area contributed by atoms with Gasteiger partial charge in [-0.2, -0.15) is 0 Å². The summed E-state index contributed by atoms with van der Waals surface area (Å²) in [7, 11) is 0. The highest BCUT2D eigenvalue weighted by molar-refractivity contribution is 6.33. The average molecular weight is 448 g/mol. The zero-order chi connectivity index (χ0) is 22.4. The zero-order valence-electron chi connectivity index (χ0n) is 18.6. The van der Waals surface area contributed by atoms with Gasteiger partial charge in [0.25, 0.3) is 5.91 Å². The van der Waals surface area contributed by atoms with Crippen molar-refractivity contribution >= 4 is 29.3 Å². The van der Waals surface area contributed by atoms with E-state index in [2.05, 4.69) is 5.32 Å². The SMILES string of the molecule is CC(C)CC(=O)N1CCC(C(NC(=O)c2ccccc2Cl)C(=O)N2CCCCC2)CC1. The van der Waals surface area contributed by atoms with E-state index in [4.69, 9.17) is 11.6 Å². The second-order valence-electron chi connectivity index (χ2n) is 9.13. The van der Waals surface area contributed by atoms with Crippen molar-refractivity contribution < 1.29 is 14.4 Å². The van der Waals surface area contributed by atoms with Crippen LogP contribution in [0.25, 0.3) is 0 Å². The lowest BCUT2D eigenvalue weighted by Crippen LogP contribution is -2.55. The Morgan fingerprint density at radius 3 is 2.26 bits per heavy atom. The Balaban J connectivity index is 1.72. The van der Waals surface area contributed by atoms with Crippen LogP contribution in [0.3, 0.4) is 0 Å². The fourth-order valence-corrected chi connectivity index (χ4v) is 4.74. The highest BCUT2D eigenvalue weighted by atomic mass is 35.5. The lowest BCUT2D eigenvalue weighted by Gasteiger charge is -2.38. The fraction of sp³-hybridized carbons (Fsp3) is 0.625. The minimum atomic E-state index is -0.593. The number of piperidine rings is 2. The summed E-state index contributed by atoms with van der Waals surface area (Å²) in [6.45, 7) is 6.82. The van der Waals surface area contributed by atoms with Crippen LogP contribution in [0.15, 0.2) is 24.3 Å². The second kappa shape index (κ2) is 11.0. The van der Waals surface area contributed by atoms with E-state index in [9.17, 15) is 14.4 Å². The first-order valence-corrected chi connectivity index (χ1v) is 11.9. The smallest absolute Gasteiger partial charge is 0.253 e. The molecular weight excluding hydrogens is 414 g/mol. The molecule has 0 aromatic heterocycles. The maximum Gasteiger partial charge on any atom is 0.253 e. The molecule has 2 aliphatic rings. The molecule has 3 rings (SSSR count). The molecular formula is C24H34ClN3O3. The van der Waals surface area contributed by atoms with Crippen LogP contribution in [0, 0.1) is 11.8 Å². The van der Waals surface area contributed by atoms with E-state index in [1.165, 1.54) is 0 Å². The van der Waals surface area contributed by atoms with Gasteiger partial charge in [-0.15, -0.1) is 0 Å². The van der Waals surface area contributed by atoms with Crippen molar-refractivity contribution in [3.63, 3.8) is 0 Å². The van der Waals surface area contributed by atoms with Crippen LogP contribution in [0.1, 0.15) is 62.7 Å². The topological polar surface area (TPSA) is 69.7 Å². The van der Waals surface area contributed by atoms with E-state index in [1.807, 2.05) is 23.6 Å². The number of benzene rings is 1. The van der Waals surface area contributed by atoms with Crippen LogP contribution in [-0.4, -0.2) is 59.7 Å². The molecule has 1 unspecified atom stereocenters. The summed E-state index contributed by atoms with van der Waals surface area (Å²) in [6.07, 6.45) is 5.09. The summed E-state index contributed by atoms with van der Waals surface area (Å²) in [5, 5.41) is 3.37. The van der Waals surface area contributed by atoms with Gasteiger partial charge in [0.05, 0.1) is 10.6 Å². The van der Waals surface area contributed by atoms with E-state index in [0.29, 0.717) is 48.9 Å². The predicted octanol–water partition coefficient (Wildman–Crippen LogP) is 3.74. The molecule has 2 heterocycles. The van der Waals surface area contributed by atoms with Gasteiger partial charge in [0.1, 0.15) is 6.04 Å². The number of halogens is 1. The lowest BCUT2D eigenvalue weighted by atomic mass is 9.87. The van der Waals surface area contributed by atoms with Gasteiger partial charge in [0.15, 0.2) is 0 Å². The van der Waals surface area contributed by atoms with Crippen molar-refractivity contribution in [3.05, 3.63) is 34.9 Å². The van der Waals surface area contributed by atoms with Crippen molar-refractivity contribution in [1.82, 2.24) is 15.1 Å². The summed E-state index contributed by atoms with van der Waals surface area (Å²) in [4.78, 5) is 42.6. The van der Waals surface area contributed by atoms with E-state index < -0.39 is 6.04 Å². The molecule has 2 fully saturated rings. The molecule has 2 saturated heterocycles. The minimum Gasteiger partial charge on any atom is -0.343 e. The fourth-order valence-electron chi connectivity index (χ4n) is 4.52. The molecule has 1 N–H and O–H groups in total. The molecule has 1 aromatic carbocycles. The van der Waals surface area contributed by atoms with E-state index >= 15 is 0 Å². The van der Waals surface area contributed by atoms with Crippen LogP contribution in [0.5, 0.6) is 0 Å². The Bertz CT molecular complexity index is 784. The van der Waals surface area contributed by atoms with Crippen LogP contribution in [-0.2, 0) is 9.59 Å². The normalized spacial score (nSPS) is 18.7. The van der Waals surface area contributed by atoms with Crippen LogP contribution >= 0.6 is 11.6 Å². The van der Waals surface area contributed by atoms with Gasteiger partial charge in [-0.05, 0) is 56.1 Å². The Morgan fingerprint density at radius 1 is 1.00 bits per heavy atom. The van der Waals surface area contributed by atoms with Gasteiger partial charge in [-0.3, -0.25) is 14.4 Å². The highest BCUT2D eigenvalue weighted by Gasteiger charge is 2.36. The maximum absolute atomic E-state index is 13.4. The number of amides is 3. The lowest BCUT2D eigenvalue weighted by molar-refractivity contribution is -0.137. The molecule has 0 bridgehead atoms. The van der Waals surface area contributed by atoms with E-state index in [1.54, 1.807) is 24.3 Å². The zero-order valence-corrected chi connectivity index (χ0v) is 19.4. The third kappa shape index (κ3) is 6.22. The quantitative estimate of drug-likeness (QED) is 0.722. The Hall–Kier alpha value is -2.08. The van der Waals surface area contributed by atoms with Crippen LogP contribution < -0.4 is 5.32 Å². The molecule has 1 aromatic rings. The largest absolute Gasteiger partial charge is 0.343 e. The number of likely N-dealkylation sites (tertiary alicyclic amines) is 2. The summed E-state index contributed by atoms with van der Waals surface area (Å²) < 4.78 is 0. The van der Waals surface area contributed by atoms with Crippen molar-refractivity contribution in [1.29, 1.82) is 0 Å². The standard InChI is InChI=1S/C24H34ClN3O3/c1-17(2)16-21(29)27-14-10-18(11-15-27)22(24(31)28-12-6-3-7-13-28)26-23(30)19-8-4-5-9-20(19)25/h4-5,8-9,17-18,22H,3,6-7,10-16H2,1-2H3,(H,26,30). The molecule has 1 atom stereocenters. The first-order valence-electron chi connectivity index (χ1n) is 11.5. The van der Waals surface area contributed by atoms with Crippen molar-refractivity contribution in [2.75, 3.05) is 26.2 Å². The summed E-state index contributed by atoms with van der Waals surface area (Å²) >= 11 is 6.21. The van der Waals surface area contributed by atoms with Gasteiger partial charge in [0, 0.05) is 32.6 Å². The molecule has 7 heteroatoms. The van der Waals surface area contributed by atoms with Gasteiger partial charge in [-0.25, -0.2) is 0 Å². The number of carbonyl (C=O) groups is 3. The van der Waals surface area contributed by atoms with Gasteiger partial charge in [-0.1, -0.05) is 37.6 Å². The number of carbonyl (C=O) groups excluding carboxylic acids is 3. The molecule has 0 spiro atoms. The number of nitrogens with one attached hydrogen (secondary N) is 1. The molecule has 31 heavy (non-hydrogen) atoms. The van der Waals surface area contributed by atoms with Crippen molar-refractivity contribution in [2.24, 2.45) is 11.8 Å². The molecule has 0 radical (unpaired) electrons. The summed E-state index contributed by atoms with van der Waals surface area (Å²) in [5.74, 6) is 0.177. The Kier molecular flexibility index (Phi) is 8.35. The third-order valence-electron chi connectivity index (χ3n) is 6.29. The molecule has 2 aliphatic heterocycles. The first kappa shape index (κ1) is 23.6. The average Bonchev–Trinajstić information content (AvgIpc) is 2.77. The Labute approximate surface area is 190 Å². The van der Waals surface area contributed by atoms with E-state index in [-0.39, 0.29) is 23.6 Å². The third-order valence-corrected chi connectivity index (χ3v) is 6.62. The highest BCUT2D eigenvalue weighted by Crippen LogP contribution is 2.25. The number of rotatable bonds is 6. The Morgan fingerprint density at radius 2 is 1.65 bits per heavy atom. The monoisotopic (exact) mass is 447 g/mol. The second-order valence-corrected chi connectivity index (χ2v) is 9.54. The first-order chi connectivity index (χ1) is 14.9. The maximum atomic E-state index is 13.4. The number of nitrogens with zero attached hydrogens (tertiary/aromatic N) is 2. The van der Waals surface area contributed by atoms with E-state index in [0.717, 1.165) is 32.4 Å². The number of hydrogen-bond acceptors (Lipinski definition) is 3. The van der Waals surface area contributed by atoms with Gasteiger partial charge < -0.3 is 15.1 Å². The van der Waals surface area contributed by atoms with Gasteiger partial charge in [0.2, 0.25) is 11.8 Å². The molecule has 0 saturated carbocycles. The minimum absolute atomic E-state index is 0.00367. The van der Waals surface area contributed by atoms with Crippen molar-refractivity contribution in [2.45, 2.75) is 58.4 Å². The number of hydrogen-bond donors (Lipinski definition) is 1. The summed E-state index contributed by atoms with van der Waals surface area (Å²) in [6, 6.07) is 6.30. The van der Waals surface area contributed by atoms with Crippen LogP contribution in [0.2, 0.25) is 5.02 Å². The summed E-state index contributed by atoms with van der Waals surface area (Å²) in [5.41, 5.74) is 0.380. The molecule has 0 aliphatic carbocycles. The van der Waals surface area contributed by atoms with Crippen molar-refractivity contribution in [3.8, 4) is 0 Å². The van der Waals surface area contributed by atoms with Gasteiger partial charge >= 0.3 is 0 Å². The molecule has 6 nitrogen and oxygen atoms in total. The van der Waals surface area contributed by atoms with Crippen LogP contribution in [0.4, 0.5) is 0 Å².